The van der Waals surface area contributed by atoms with E-state index in [0.29, 0.717) is 11.3 Å². The molecule has 2 amide bonds. The van der Waals surface area contributed by atoms with Gasteiger partial charge in [0, 0.05) is 27.2 Å². The van der Waals surface area contributed by atoms with Gasteiger partial charge in [-0.05, 0) is 23.1 Å². The highest BCUT2D eigenvalue weighted by molar-refractivity contribution is 5.73. The van der Waals surface area contributed by atoms with Crippen molar-refractivity contribution in [2.75, 3.05) is 25.5 Å². The molecule has 1 aromatic rings. The largest absolute Gasteiger partial charge is 0.391 e. The maximum Gasteiger partial charge on any atom is 0.315 e. The quantitative estimate of drug-likeness (QED) is 0.780. The summed E-state index contributed by atoms with van der Waals surface area (Å²) in [4.78, 5) is 13.4. The van der Waals surface area contributed by atoms with Gasteiger partial charge >= 0.3 is 6.03 Å². The number of nitrogens with one attached hydrogen (secondary N) is 2. The molecule has 1 aromatic carbocycles. The zero-order valence-corrected chi connectivity index (χ0v) is 13.9. The van der Waals surface area contributed by atoms with Gasteiger partial charge in [-0.15, -0.1) is 0 Å². The molecule has 22 heavy (non-hydrogen) atoms. The van der Waals surface area contributed by atoms with Crippen LogP contribution in [-0.2, 0) is 6.54 Å². The highest BCUT2D eigenvalue weighted by Gasteiger charge is 2.22. The van der Waals surface area contributed by atoms with Gasteiger partial charge in [-0.25, -0.2) is 9.18 Å². The fourth-order valence-corrected chi connectivity index (χ4v) is 1.76. The van der Waals surface area contributed by atoms with Crippen LogP contribution in [0.5, 0.6) is 0 Å². The smallest absolute Gasteiger partial charge is 0.315 e. The molecule has 0 saturated heterocycles. The first-order valence-electron chi connectivity index (χ1n) is 7.26. The van der Waals surface area contributed by atoms with E-state index in [-0.39, 0.29) is 30.4 Å². The topological polar surface area (TPSA) is 64.6 Å². The number of hydrogen-bond acceptors (Lipinski definition) is 3. The summed E-state index contributed by atoms with van der Waals surface area (Å²) in [7, 11) is 3.54. The number of hydrogen-bond donors (Lipinski definition) is 3. The van der Waals surface area contributed by atoms with Crippen LogP contribution in [0, 0.1) is 11.2 Å². The van der Waals surface area contributed by atoms with Gasteiger partial charge in [0.2, 0.25) is 0 Å². The van der Waals surface area contributed by atoms with Crippen LogP contribution in [0.3, 0.4) is 0 Å². The molecular formula is C16H26FN3O2. The Balaban J connectivity index is 2.46. The second-order valence-corrected chi connectivity index (χ2v) is 6.63. The average molecular weight is 311 g/mol. The average Bonchev–Trinajstić information content (AvgIpc) is 2.41. The summed E-state index contributed by atoms with van der Waals surface area (Å²) in [6.45, 7) is 6.08. The Labute approximate surface area is 131 Å². The van der Waals surface area contributed by atoms with Crippen molar-refractivity contribution in [1.29, 1.82) is 0 Å². The summed E-state index contributed by atoms with van der Waals surface area (Å²) in [5.74, 6) is -0.326. The fraction of sp³-hybridized carbons (Fsp3) is 0.562. The van der Waals surface area contributed by atoms with Gasteiger partial charge < -0.3 is 20.6 Å². The predicted octanol–water partition coefficient (Wildman–Crippen LogP) is 2.10. The third kappa shape index (κ3) is 5.52. The highest BCUT2D eigenvalue weighted by atomic mass is 19.1. The molecule has 0 aliphatic heterocycles. The maximum atomic E-state index is 13.8. The Hall–Kier alpha value is -1.82. The lowest BCUT2D eigenvalue weighted by Crippen LogP contribution is -2.43. The van der Waals surface area contributed by atoms with Crippen molar-refractivity contribution < 1.29 is 14.3 Å². The van der Waals surface area contributed by atoms with Crippen LogP contribution in [-0.4, -0.2) is 37.9 Å². The van der Waals surface area contributed by atoms with Crippen LogP contribution in [0.25, 0.3) is 0 Å². The lowest BCUT2D eigenvalue weighted by atomic mass is 9.89. The molecule has 0 aliphatic carbocycles. The summed E-state index contributed by atoms with van der Waals surface area (Å²) in [6, 6.07) is 4.45. The summed E-state index contributed by atoms with van der Waals surface area (Å²) in [5, 5.41) is 15.1. The fourth-order valence-electron chi connectivity index (χ4n) is 1.76. The van der Waals surface area contributed by atoms with E-state index in [9.17, 15) is 14.3 Å². The third-order valence-corrected chi connectivity index (χ3v) is 3.40. The number of halogens is 1. The molecule has 1 unspecified atom stereocenters. The van der Waals surface area contributed by atoms with E-state index in [1.807, 2.05) is 20.8 Å². The number of aliphatic hydroxyl groups is 1. The van der Waals surface area contributed by atoms with Crippen molar-refractivity contribution in [3.63, 3.8) is 0 Å². The van der Waals surface area contributed by atoms with E-state index >= 15 is 0 Å². The van der Waals surface area contributed by atoms with Crippen molar-refractivity contribution in [3.8, 4) is 0 Å². The van der Waals surface area contributed by atoms with Gasteiger partial charge in [-0.1, -0.05) is 26.8 Å². The van der Waals surface area contributed by atoms with Crippen molar-refractivity contribution in [2.24, 2.45) is 5.41 Å². The van der Waals surface area contributed by atoms with E-state index in [1.165, 1.54) is 6.07 Å². The van der Waals surface area contributed by atoms with E-state index in [0.717, 1.165) is 0 Å². The van der Waals surface area contributed by atoms with Crippen LogP contribution in [0.4, 0.5) is 14.9 Å². The molecule has 0 bridgehead atoms. The lowest BCUT2D eigenvalue weighted by molar-refractivity contribution is 0.0650. The molecule has 3 N–H and O–H groups in total. The Bertz CT molecular complexity index is 513. The summed E-state index contributed by atoms with van der Waals surface area (Å²) in [5.41, 5.74) is 0.884. The number of nitrogens with zero attached hydrogens (tertiary/aromatic N) is 1. The first-order chi connectivity index (χ1) is 10.1. The molecule has 0 aliphatic rings. The van der Waals surface area contributed by atoms with Crippen LogP contribution in [0.1, 0.15) is 26.3 Å². The number of amides is 2. The first kappa shape index (κ1) is 18.2. The minimum Gasteiger partial charge on any atom is -0.391 e. The third-order valence-electron chi connectivity index (χ3n) is 3.40. The van der Waals surface area contributed by atoms with E-state index in [4.69, 9.17) is 0 Å². The van der Waals surface area contributed by atoms with E-state index in [2.05, 4.69) is 10.6 Å². The molecule has 1 atom stereocenters. The standard InChI is InChI=1S/C16H26FN3O2/c1-16(2,3)14(21)10-19-15(22)18-9-11-6-7-13(20(4)5)12(17)8-11/h6-8,14,21H,9-10H2,1-5H3,(H2,18,19,22). The molecule has 0 radical (unpaired) electrons. The summed E-state index contributed by atoms with van der Waals surface area (Å²) in [6.07, 6.45) is -0.630. The van der Waals surface area contributed by atoms with Gasteiger partial charge in [0.25, 0.3) is 0 Å². The zero-order chi connectivity index (χ0) is 16.9. The SMILES string of the molecule is CN(C)c1ccc(CNC(=O)NCC(O)C(C)(C)C)cc1F. The molecule has 5 nitrogen and oxygen atoms in total. The summed E-state index contributed by atoms with van der Waals surface area (Å²) < 4.78 is 13.8. The minimum atomic E-state index is -0.630. The molecule has 6 heteroatoms. The van der Waals surface area contributed by atoms with Crippen LogP contribution < -0.4 is 15.5 Å². The Morgan fingerprint density at radius 2 is 1.95 bits per heavy atom. The molecule has 0 fully saturated rings. The van der Waals surface area contributed by atoms with Crippen LogP contribution >= 0.6 is 0 Å². The maximum absolute atomic E-state index is 13.8. The van der Waals surface area contributed by atoms with Gasteiger partial charge in [-0.2, -0.15) is 0 Å². The van der Waals surface area contributed by atoms with Gasteiger partial charge in [-0.3, -0.25) is 0 Å². The number of benzene rings is 1. The van der Waals surface area contributed by atoms with Crippen LogP contribution in [0.2, 0.25) is 0 Å². The number of urea groups is 1. The second kappa shape index (κ2) is 7.45. The molecule has 0 heterocycles. The van der Waals surface area contributed by atoms with Gasteiger partial charge in [0.1, 0.15) is 5.82 Å². The summed E-state index contributed by atoms with van der Waals surface area (Å²) >= 11 is 0. The Morgan fingerprint density at radius 3 is 2.45 bits per heavy atom. The number of carbonyl (C=O) groups is 1. The van der Waals surface area contributed by atoms with Gasteiger partial charge in [0.05, 0.1) is 11.8 Å². The van der Waals surface area contributed by atoms with Crippen LogP contribution in [0.15, 0.2) is 18.2 Å². The zero-order valence-electron chi connectivity index (χ0n) is 13.9. The Morgan fingerprint density at radius 1 is 1.32 bits per heavy atom. The van der Waals surface area contributed by atoms with E-state index in [1.54, 1.807) is 31.1 Å². The lowest BCUT2D eigenvalue weighted by Gasteiger charge is -2.25. The number of aliphatic hydroxyl groups excluding tert-OH is 1. The monoisotopic (exact) mass is 311 g/mol. The predicted molar refractivity (Wildman–Crippen MR) is 86.4 cm³/mol. The molecule has 1 rings (SSSR count). The number of carbonyl (C=O) groups excluding carboxylic acids is 1. The Kier molecular flexibility index (Phi) is 6.17. The van der Waals surface area contributed by atoms with Gasteiger partial charge in [0.15, 0.2) is 0 Å². The molecule has 0 aromatic heterocycles. The minimum absolute atomic E-state index is 0.170. The highest BCUT2D eigenvalue weighted by Crippen LogP contribution is 2.19. The van der Waals surface area contributed by atoms with E-state index < -0.39 is 6.10 Å². The molecular weight excluding hydrogens is 285 g/mol. The van der Waals surface area contributed by atoms with Crippen molar-refractivity contribution >= 4 is 11.7 Å². The second-order valence-electron chi connectivity index (χ2n) is 6.63. The molecule has 124 valence electrons. The molecule has 0 spiro atoms. The van der Waals surface area contributed by atoms with Crippen molar-refractivity contribution in [3.05, 3.63) is 29.6 Å². The van der Waals surface area contributed by atoms with Crippen molar-refractivity contribution in [1.82, 2.24) is 10.6 Å². The van der Waals surface area contributed by atoms with Crippen molar-refractivity contribution in [2.45, 2.75) is 33.4 Å². The first-order valence-corrected chi connectivity index (χ1v) is 7.26. The number of anilines is 1. The molecule has 0 saturated carbocycles. The normalized spacial score (nSPS) is 12.7. The number of rotatable bonds is 5.